The molecule has 0 aromatic rings. The molecule has 0 aliphatic rings. The Hall–Kier alpha value is 2.62. The third kappa shape index (κ3) is 4.91. The highest BCUT2D eigenvalue weighted by molar-refractivity contribution is 9.16. The quantitative estimate of drug-likeness (QED) is 0.412. The summed E-state index contributed by atoms with van der Waals surface area (Å²) >= 11 is 20.9. The second kappa shape index (κ2) is 7.85. The summed E-state index contributed by atoms with van der Waals surface area (Å²) < 4.78 is 2.25. The minimum absolute atomic E-state index is 0.311. The minimum atomic E-state index is 0.311. The molecular formula is C6H6Br6. The third-order valence-corrected chi connectivity index (χ3v) is 9.37. The number of hydrogen-bond donors (Lipinski definition) is 0. The van der Waals surface area contributed by atoms with Gasteiger partial charge in [-0.1, -0.05) is 95.6 Å². The highest BCUT2D eigenvalue weighted by Gasteiger charge is 2.15. The first-order valence-corrected chi connectivity index (χ1v) is 8.65. The van der Waals surface area contributed by atoms with Crippen molar-refractivity contribution in [3.8, 4) is 0 Å². The van der Waals surface area contributed by atoms with Crippen LogP contribution in [0.15, 0.2) is 8.96 Å². The van der Waals surface area contributed by atoms with Gasteiger partial charge in [0.25, 0.3) is 0 Å². The van der Waals surface area contributed by atoms with Crippen molar-refractivity contribution in [1.82, 2.24) is 0 Å². The first-order chi connectivity index (χ1) is 5.54. The lowest BCUT2D eigenvalue weighted by Crippen LogP contribution is -2.06. The van der Waals surface area contributed by atoms with Crippen LogP contribution in [0.3, 0.4) is 0 Å². The van der Waals surface area contributed by atoms with Crippen LogP contribution >= 0.6 is 95.6 Å². The first-order valence-electron chi connectivity index (χ1n) is 2.99. The van der Waals surface area contributed by atoms with Crippen molar-refractivity contribution in [3.63, 3.8) is 0 Å². The van der Waals surface area contributed by atoms with Crippen LogP contribution in [0, 0.1) is 0 Å². The number of hydrogen-bond acceptors (Lipinski definition) is 0. The molecule has 0 saturated heterocycles. The zero-order chi connectivity index (χ0) is 9.72. The Bertz CT molecular complexity index is 147. The molecule has 72 valence electrons. The van der Waals surface area contributed by atoms with Crippen LogP contribution in [0.5, 0.6) is 0 Å². The molecule has 12 heavy (non-hydrogen) atoms. The number of allylic oxidation sites excluding steroid dienone is 2. The van der Waals surface area contributed by atoms with Crippen molar-refractivity contribution in [2.75, 3.05) is 10.7 Å². The van der Waals surface area contributed by atoms with Gasteiger partial charge in [-0.25, -0.2) is 0 Å². The molecule has 0 aliphatic carbocycles. The topological polar surface area (TPSA) is 0 Å². The van der Waals surface area contributed by atoms with Crippen LogP contribution in [0.25, 0.3) is 0 Å². The van der Waals surface area contributed by atoms with E-state index in [1.807, 2.05) is 0 Å². The van der Waals surface area contributed by atoms with Crippen LogP contribution in [-0.2, 0) is 0 Å². The summed E-state index contributed by atoms with van der Waals surface area (Å²) in [5.74, 6) is 0. The van der Waals surface area contributed by atoms with Crippen molar-refractivity contribution in [2.45, 2.75) is 9.65 Å². The maximum absolute atomic E-state index is 3.52. The van der Waals surface area contributed by atoms with E-state index in [2.05, 4.69) is 95.6 Å². The fourth-order valence-corrected chi connectivity index (χ4v) is 3.94. The van der Waals surface area contributed by atoms with E-state index in [0.29, 0.717) is 9.65 Å². The summed E-state index contributed by atoms with van der Waals surface area (Å²) in [6.07, 6.45) is 0. The van der Waals surface area contributed by atoms with E-state index in [1.165, 1.54) is 0 Å². The molecule has 0 rings (SSSR count). The molecule has 6 heteroatoms. The highest BCUT2D eigenvalue weighted by Crippen LogP contribution is 2.32. The molecule has 0 saturated carbocycles. The van der Waals surface area contributed by atoms with Gasteiger partial charge in [0.15, 0.2) is 0 Å². The molecule has 0 heterocycles. The van der Waals surface area contributed by atoms with E-state index in [0.717, 1.165) is 19.6 Å². The largest absolute Gasteiger partial charge is 0.0912 e. The fourth-order valence-electron chi connectivity index (χ4n) is 0.435. The SMILES string of the molecule is BrCC(Br)C(Br)=C(Br)C(Br)CBr. The van der Waals surface area contributed by atoms with Crippen molar-refractivity contribution in [1.29, 1.82) is 0 Å². The second-order valence-corrected chi connectivity index (χ2v) is 7.15. The van der Waals surface area contributed by atoms with E-state index < -0.39 is 0 Å². The van der Waals surface area contributed by atoms with Crippen molar-refractivity contribution >= 4 is 95.6 Å². The molecule has 0 fully saturated rings. The summed E-state index contributed by atoms with van der Waals surface area (Å²) in [4.78, 5) is 0.622. The summed E-state index contributed by atoms with van der Waals surface area (Å²) in [7, 11) is 0. The zero-order valence-corrected chi connectivity index (χ0v) is 15.4. The maximum Gasteiger partial charge on any atom is 0.0566 e. The average molecular weight is 558 g/mol. The van der Waals surface area contributed by atoms with Crippen molar-refractivity contribution in [2.24, 2.45) is 0 Å². The Morgan fingerprint density at radius 3 is 1.25 bits per heavy atom. The van der Waals surface area contributed by atoms with Crippen LogP contribution in [0.1, 0.15) is 0 Å². The molecule has 2 unspecified atom stereocenters. The molecule has 0 nitrogen and oxygen atoms in total. The van der Waals surface area contributed by atoms with Gasteiger partial charge in [0.05, 0.1) is 9.65 Å². The highest BCUT2D eigenvalue weighted by atomic mass is 79.9. The van der Waals surface area contributed by atoms with Crippen LogP contribution in [-0.4, -0.2) is 20.3 Å². The molecule has 0 amide bonds. The van der Waals surface area contributed by atoms with Gasteiger partial charge in [-0.15, -0.1) is 0 Å². The van der Waals surface area contributed by atoms with Crippen molar-refractivity contribution < 1.29 is 0 Å². The van der Waals surface area contributed by atoms with Crippen LogP contribution in [0.4, 0.5) is 0 Å². The standard InChI is InChI=1S/C6H6Br6/c7-1-3(9)5(11)6(12)4(10)2-8/h3-4H,1-2H2. The van der Waals surface area contributed by atoms with Gasteiger partial charge in [-0.2, -0.15) is 0 Å². The Morgan fingerprint density at radius 1 is 0.833 bits per heavy atom. The van der Waals surface area contributed by atoms with Gasteiger partial charge in [-0.3, -0.25) is 0 Å². The van der Waals surface area contributed by atoms with E-state index in [-0.39, 0.29) is 0 Å². The Kier molecular flexibility index (Phi) is 9.57. The second-order valence-electron chi connectivity index (χ2n) is 1.94. The maximum atomic E-state index is 3.52. The van der Waals surface area contributed by atoms with Crippen molar-refractivity contribution in [3.05, 3.63) is 8.96 Å². The lowest BCUT2D eigenvalue weighted by atomic mass is 10.3. The molecule has 0 N–H and O–H groups in total. The monoisotopic (exact) mass is 552 g/mol. The molecule has 0 aliphatic heterocycles. The lowest BCUT2D eigenvalue weighted by molar-refractivity contribution is 1.21. The Morgan fingerprint density at radius 2 is 1.08 bits per heavy atom. The summed E-state index contributed by atoms with van der Waals surface area (Å²) in [5.41, 5.74) is 0. The average Bonchev–Trinajstić information content (AvgIpc) is 2.12. The van der Waals surface area contributed by atoms with E-state index in [9.17, 15) is 0 Å². The zero-order valence-electron chi connectivity index (χ0n) is 5.84. The summed E-state index contributed by atoms with van der Waals surface area (Å²) in [6, 6.07) is 0. The lowest BCUT2D eigenvalue weighted by Gasteiger charge is -2.11. The molecule has 0 bridgehead atoms. The molecule has 2 atom stereocenters. The Balaban J connectivity index is 4.44. The summed E-state index contributed by atoms with van der Waals surface area (Å²) in [5, 5.41) is 1.76. The normalized spacial score (nSPS) is 18.5. The number of rotatable bonds is 4. The first kappa shape index (κ1) is 14.6. The molecule has 0 radical (unpaired) electrons. The molecule has 0 aromatic heterocycles. The minimum Gasteiger partial charge on any atom is -0.0912 e. The van der Waals surface area contributed by atoms with Crippen LogP contribution in [0.2, 0.25) is 0 Å². The van der Waals surface area contributed by atoms with Gasteiger partial charge < -0.3 is 0 Å². The third-order valence-electron chi connectivity index (χ3n) is 1.05. The smallest absolute Gasteiger partial charge is 0.0566 e. The Labute approximate surface area is 123 Å². The van der Waals surface area contributed by atoms with E-state index in [1.54, 1.807) is 0 Å². The molecular weight excluding hydrogens is 551 g/mol. The number of alkyl halides is 4. The summed E-state index contributed by atoms with van der Waals surface area (Å²) in [6.45, 7) is 0. The van der Waals surface area contributed by atoms with Gasteiger partial charge in [-0.05, 0) is 0 Å². The molecule has 0 spiro atoms. The molecule has 0 aromatic carbocycles. The predicted molar refractivity (Wildman–Crippen MR) is 77.9 cm³/mol. The predicted octanol–water partition coefficient (Wildman–Crippen LogP) is 5.30. The van der Waals surface area contributed by atoms with E-state index in [4.69, 9.17) is 0 Å². The fraction of sp³-hybridized carbons (Fsp3) is 0.667. The van der Waals surface area contributed by atoms with Gasteiger partial charge in [0, 0.05) is 19.6 Å². The van der Waals surface area contributed by atoms with Gasteiger partial charge >= 0.3 is 0 Å². The number of halogens is 6. The van der Waals surface area contributed by atoms with Gasteiger partial charge in [0.1, 0.15) is 0 Å². The van der Waals surface area contributed by atoms with E-state index >= 15 is 0 Å². The van der Waals surface area contributed by atoms with Crippen LogP contribution < -0.4 is 0 Å². The van der Waals surface area contributed by atoms with Gasteiger partial charge in [0.2, 0.25) is 0 Å².